The van der Waals surface area contributed by atoms with Gasteiger partial charge >= 0.3 is 0 Å². The van der Waals surface area contributed by atoms with Crippen LogP contribution in [0.3, 0.4) is 0 Å². The third-order valence-corrected chi connectivity index (χ3v) is 7.80. The van der Waals surface area contributed by atoms with E-state index >= 15 is 0 Å². The maximum Gasteiger partial charge on any atom is 0.229 e. The molecule has 5 fully saturated rings. The molecule has 4 atom stereocenters. The first kappa shape index (κ1) is 16.7. The van der Waals surface area contributed by atoms with Crippen molar-refractivity contribution in [2.45, 2.75) is 56.9 Å². The lowest BCUT2D eigenvalue weighted by Gasteiger charge is -2.41. The largest absolute Gasteiger partial charge is 0.342 e. The summed E-state index contributed by atoms with van der Waals surface area (Å²) in [7, 11) is 2.20. The van der Waals surface area contributed by atoms with E-state index in [2.05, 4.69) is 31.6 Å². The minimum absolute atomic E-state index is 0.0534. The third-order valence-electron chi connectivity index (χ3n) is 7.80. The number of hydrogen-bond donors (Lipinski definition) is 0. The Hall–Kier alpha value is -1.43. The summed E-state index contributed by atoms with van der Waals surface area (Å²) in [6.45, 7) is 4.14. The Morgan fingerprint density at radius 3 is 2.73 bits per heavy atom. The van der Waals surface area contributed by atoms with Gasteiger partial charge in [-0.25, -0.2) is 9.67 Å². The third kappa shape index (κ3) is 2.44. The molecule has 1 saturated heterocycles. The summed E-state index contributed by atoms with van der Waals surface area (Å²) in [6, 6.07) is 0. The Kier molecular flexibility index (Phi) is 3.89. The van der Waals surface area contributed by atoms with Crippen LogP contribution in [0.4, 0.5) is 0 Å². The fourth-order valence-corrected chi connectivity index (χ4v) is 6.87. The molecule has 0 aromatic carbocycles. The predicted molar refractivity (Wildman–Crippen MR) is 98.4 cm³/mol. The minimum atomic E-state index is -0.116. The van der Waals surface area contributed by atoms with Gasteiger partial charge in [0.2, 0.25) is 5.91 Å². The Bertz CT molecular complexity index is 676. The molecule has 0 spiro atoms. The number of amides is 1. The molecule has 2 heterocycles. The SMILES string of the molecule is CN1CCCCN(C(=O)C23CC4CC2CC(n2cncn2)(C4)C3)CCC1. The van der Waals surface area contributed by atoms with Gasteiger partial charge in [-0.05, 0) is 83.3 Å². The second-order valence-electron chi connectivity index (χ2n) is 9.46. The van der Waals surface area contributed by atoms with E-state index in [9.17, 15) is 4.79 Å². The molecule has 6 nitrogen and oxygen atoms in total. The number of aromatic nitrogens is 3. The van der Waals surface area contributed by atoms with Gasteiger partial charge in [0, 0.05) is 13.1 Å². The van der Waals surface area contributed by atoms with Crippen molar-refractivity contribution in [2.24, 2.45) is 17.3 Å². The van der Waals surface area contributed by atoms with Crippen LogP contribution in [-0.2, 0) is 10.3 Å². The maximum atomic E-state index is 13.8. The van der Waals surface area contributed by atoms with Crippen LogP contribution in [-0.4, -0.2) is 63.7 Å². The van der Waals surface area contributed by atoms with Gasteiger partial charge in [-0.15, -0.1) is 0 Å². The highest BCUT2D eigenvalue weighted by Crippen LogP contribution is 2.69. The molecule has 4 aliphatic carbocycles. The summed E-state index contributed by atoms with van der Waals surface area (Å²) in [4.78, 5) is 22.7. The van der Waals surface area contributed by atoms with Crippen LogP contribution >= 0.6 is 0 Å². The highest BCUT2D eigenvalue weighted by Gasteiger charge is 2.68. The quantitative estimate of drug-likeness (QED) is 0.814. The molecule has 142 valence electrons. The molecule has 1 amide bonds. The van der Waals surface area contributed by atoms with Crippen molar-refractivity contribution in [3.63, 3.8) is 0 Å². The molecule has 1 aromatic rings. The van der Waals surface area contributed by atoms with Crippen LogP contribution < -0.4 is 0 Å². The minimum Gasteiger partial charge on any atom is -0.342 e. The summed E-state index contributed by atoms with van der Waals surface area (Å²) in [6.07, 6.45) is 12.6. The van der Waals surface area contributed by atoms with Crippen molar-refractivity contribution in [1.82, 2.24) is 24.6 Å². The van der Waals surface area contributed by atoms with Crippen LogP contribution in [0.15, 0.2) is 12.7 Å². The first-order valence-corrected chi connectivity index (χ1v) is 10.4. The monoisotopic (exact) mass is 357 g/mol. The molecule has 4 saturated carbocycles. The highest BCUT2D eigenvalue weighted by atomic mass is 16.2. The maximum absolute atomic E-state index is 13.8. The first-order valence-electron chi connectivity index (χ1n) is 10.4. The first-order chi connectivity index (χ1) is 12.6. The van der Waals surface area contributed by atoms with E-state index in [-0.39, 0.29) is 11.0 Å². The smallest absolute Gasteiger partial charge is 0.229 e. The van der Waals surface area contributed by atoms with Crippen molar-refractivity contribution >= 4 is 5.91 Å². The Labute approximate surface area is 155 Å². The van der Waals surface area contributed by atoms with Crippen molar-refractivity contribution in [2.75, 3.05) is 33.2 Å². The molecule has 26 heavy (non-hydrogen) atoms. The van der Waals surface area contributed by atoms with Crippen LogP contribution in [0.2, 0.25) is 0 Å². The fraction of sp³-hybridized carbons (Fsp3) is 0.850. The van der Waals surface area contributed by atoms with Gasteiger partial charge in [0.15, 0.2) is 0 Å². The fourth-order valence-electron chi connectivity index (χ4n) is 6.87. The van der Waals surface area contributed by atoms with Crippen LogP contribution in [0.1, 0.15) is 51.4 Å². The molecule has 5 aliphatic rings. The van der Waals surface area contributed by atoms with Gasteiger partial charge < -0.3 is 9.80 Å². The van der Waals surface area contributed by atoms with Crippen molar-refractivity contribution in [1.29, 1.82) is 0 Å². The Morgan fingerprint density at radius 2 is 1.88 bits per heavy atom. The van der Waals surface area contributed by atoms with Crippen LogP contribution in [0.25, 0.3) is 0 Å². The lowest BCUT2D eigenvalue weighted by Crippen LogP contribution is -2.48. The average molecular weight is 358 g/mol. The van der Waals surface area contributed by atoms with Crippen LogP contribution in [0, 0.1) is 17.3 Å². The summed E-state index contributed by atoms with van der Waals surface area (Å²) < 4.78 is 2.09. The van der Waals surface area contributed by atoms with Gasteiger partial charge in [0.25, 0.3) is 0 Å². The zero-order valence-corrected chi connectivity index (χ0v) is 15.9. The number of hydrogen-bond acceptors (Lipinski definition) is 4. The normalized spacial score (nSPS) is 40.4. The van der Waals surface area contributed by atoms with Crippen molar-refractivity contribution in [3.8, 4) is 0 Å². The summed E-state index contributed by atoms with van der Waals surface area (Å²) >= 11 is 0. The number of carbonyl (C=O) groups is 1. The number of nitrogens with zero attached hydrogens (tertiary/aromatic N) is 5. The van der Waals surface area contributed by atoms with E-state index in [1.54, 1.807) is 6.33 Å². The molecule has 6 rings (SSSR count). The van der Waals surface area contributed by atoms with E-state index in [0.717, 1.165) is 58.3 Å². The molecule has 1 aromatic heterocycles. The van der Waals surface area contributed by atoms with E-state index in [4.69, 9.17) is 0 Å². The molecule has 0 N–H and O–H groups in total. The zero-order valence-electron chi connectivity index (χ0n) is 15.9. The molecule has 6 heteroatoms. The van der Waals surface area contributed by atoms with Gasteiger partial charge in [0.1, 0.15) is 12.7 Å². The van der Waals surface area contributed by atoms with Gasteiger partial charge in [-0.3, -0.25) is 4.79 Å². The van der Waals surface area contributed by atoms with E-state index in [1.165, 1.54) is 19.3 Å². The highest BCUT2D eigenvalue weighted by molar-refractivity contribution is 5.84. The second kappa shape index (κ2) is 6.04. The molecule has 0 radical (unpaired) electrons. The Morgan fingerprint density at radius 1 is 1.08 bits per heavy atom. The topological polar surface area (TPSA) is 54.3 Å². The molecule has 1 aliphatic heterocycles. The predicted octanol–water partition coefficient (Wildman–Crippen LogP) is 2.13. The standard InChI is InChI=1S/C20H31N5O/c1-23-5-2-3-7-24(8-4-6-23)18(26)20-11-16-9-17(20)12-19(10-16,13-20)25-15-21-14-22-25/h14-17H,2-13H2,1H3. The second-order valence-corrected chi connectivity index (χ2v) is 9.46. The van der Waals surface area contributed by atoms with Gasteiger partial charge in [-0.1, -0.05) is 0 Å². The molecular weight excluding hydrogens is 326 g/mol. The lowest BCUT2D eigenvalue weighted by atomic mass is 9.71. The average Bonchev–Trinajstić information content (AvgIpc) is 3.30. The van der Waals surface area contributed by atoms with E-state index in [0.29, 0.717) is 17.7 Å². The molecule has 4 unspecified atom stereocenters. The summed E-state index contributed by atoms with van der Waals surface area (Å²) in [5, 5.41) is 4.49. The van der Waals surface area contributed by atoms with Gasteiger partial charge in [0.05, 0.1) is 11.0 Å². The summed E-state index contributed by atoms with van der Waals surface area (Å²) in [5.41, 5.74) is -0.0628. The molecular formula is C20H31N5O. The van der Waals surface area contributed by atoms with Crippen molar-refractivity contribution in [3.05, 3.63) is 12.7 Å². The lowest BCUT2D eigenvalue weighted by molar-refractivity contribution is -0.144. The summed E-state index contributed by atoms with van der Waals surface area (Å²) in [5.74, 6) is 1.71. The Balaban J connectivity index is 1.40. The van der Waals surface area contributed by atoms with E-state index < -0.39 is 0 Å². The van der Waals surface area contributed by atoms with E-state index in [1.807, 2.05) is 6.33 Å². The molecule has 4 bridgehead atoms. The van der Waals surface area contributed by atoms with Crippen LogP contribution in [0.5, 0.6) is 0 Å². The number of carbonyl (C=O) groups excluding carboxylic acids is 1. The number of rotatable bonds is 2. The van der Waals surface area contributed by atoms with Crippen molar-refractivity contribution < 1.29 is 4.79 Å². The van der Waals surface area contributed by atoms with Gasteiger partial charge in [-0.2, -0.15) is 5.10 Å². The zero-order chi connectivity index (χ0) is 17.8.